The predicted octanol–water partition coefficient (Wildman–Crippen LogP) is 0.926. The molecule has 0 unspecified atom stereocenters. The van der Waals surface area contributed by atoms with Crippen molar-refractivity contribution in [3.8, 4) is 0 Å². The number of hydrogen-bond donors (Lipinski definition) is 1. The maximum Gasteiger partial charge on any atom is 0.452 e. The molecule has 0 aromatic carbocycles. The van der Waals surface area contributed by atoms with E-state index in [1.165, 1.54) is 14.2 Å². The summed E-state index contributed by atoms with van der Waals surface area (Å²) in [7, 11) is 0.719. The topological polar surface area (TPSA) is 18.5 Å². The van der Waals surface area contributed by atoms with Crippen molar-refractivity contribution < 1.29 is 8.85 Å². The van der Waals surface area contributed by atoms with Crippen molar-refractivity contribution >= 4 is 31.6 Å². The van der Waals surface area contributed by atoms with Gasteiger partial charge in [0, 0.05) is 19.6 Å². The third-order valence-electron chi connectivity index (χ3n) is 0.799. The Morgan fingerprint density at radius 1 is 1.50 bits per heavy atom. The Morgan fingerprint density at radius 2 is 1.88 bits per heavy atom. The summed E-state index contributed by atoms with van der Waals surface area (Å²) in [6.45, 7) is 0. The van der Waals surface area contributed by atoms with Crippen molar-refractivity contribution in [1.29, 1.82) is 0 Å². The molecule has 0 atom stereocenters. The van der Waals surface area contributed by atoms with E-state index in [4.69, 9.17) is 19.9 Å². The lowest BCUT2D eigenvalue weighted by Crippen LogP contribution is -2.35. The van der Waals surface area contributed by atoms with Gasteiger partial charge in [-0.15, -0.1) is 0 Å². The molecule has 50 valence electrons. The zero-order valence-electron chi connectivity index (χ0n) is 4.85. The van der Waals surface area contributed by atoms with E-state index in [0.29, 0.717) is 5.38 Å². The molecule has 0 fully saturated rings. The molecule has 0 aliphatic rings. The number of halogens is 1. The molecular weight excluding hydrogens is 164 g/mol. The molecule has 2 nitrogen and oxygen atoms in total. The summed E-state index contributed by atoms with van der Waals surface area (Å²) in [5.41, 5.74) is 0. The van der Waals surface area contributed by atoms with Crippen molar-refractivity contribution in [2.24, 2.45) is 0 Å². The zero-order chi connectivity index (χ0) is 6.62. The van der Waals surface area contributed by atoms with Gasteiger partial charge in [-0.2, -0.15) is 12.6 Å². The molecule has 0 saturated carbocycles. The lowest BCUT2D eigenvalue weighted by molar-refractivity contribution is 0.273. The summed E-state index contributed by atoms with van der Waals surface area (Å²) in [5.74, 6) is 0. The molecule has 0 aliphatic heterocycles. The lowest BCUT2D eigenvalue weighted by Gasteiger charge is -2.15. The first-order valence-electron chi connectivity index (χ1n) is 2.08. The third kappa shape index (κ3) is 2.37. The fourth-order valence-electron chi connectivity index (χ4n) is 0.212. The molecule has 0 saturated heterocycles. The maximum atomic E-state index is 5.71. The highest BCUT2D eigenvalue weighted by atomic mass is 35.6. The van der Waals surface area contributed by atoms with Gasteiger partial charge < -0.3 is 8.85 Å². The summed E-state index contributed by atoms with van der Waals surface area (Å²) in [5, 5.41) is 0.474. The van der Waals surface area contributed by atoms with Crippen molar-refractivity contribution in [2.75, 3.05) is 19.6 Å². The SMILES string of the molecule is CO[Si](Cl)(CS)OC. The van der Waals surface area contributed by atoms with E-state index in [2.05, 4.69) is 12.6 Å². The Labute approximate surface area is 60.5 Å². The quantitative estimate of drug-likeness (QED) is 0.388. The van der Waals surface area contributed by atoms with Gasteiger partial charge in [0.05, 0.1) is 0 Å². The normalized spacial score (nSPS) is 12.0. The molecule has 8 heavy (non-hydrogen) atoms. The molecule has 0 N–H and O–H groups in total. The largest absolute Gasteiger partial charge is 0.452 e. The fraction of sp³-hybridized carbons (Fsp3) is 1.00. The van der Waals surface area contributed by atoms with E-state index < -0.39 is 7.87 Å². The molecule has 0 aromatic rings. The van der Waals surface area contributed by atoms with Gasteiger partial charge in [-0.25, -0.2) is 0 Å². The van der Waals surface area contributed by atoms with E-state index in [0.717, 1.165) is 0 Å². The van der Waals surface area contributed by atoms with Crippen LogP contribution in [0.5, 0.6) is 0 Å². The van der Waals surface area contributed by atoms with Gasteiger partial charge in [0.25, 0.3) is 0 Å². The molecule has 0 aliphatic carbocycles. The summed E-state index contributed by atoms with van der Waals surface area (Å²) in [6, 6.07) is 0. The zero-order valence-corrected chi connectivity index (χ0v) is 7.50. The number of thiol groups is 1. The van der Waals surface area contributed by atoms with Crippen molar-refractivity contribution in [2.45, 2.75) is 0 Å². The van der Waals surface area contributed by atoms with Crippen LogP contribution in [-0.2, 0) is 8.85 Å². The average molecular weight is 173 g/mol. The van der Waals surface area contributed by atoms with Gasteiger partial charge in [-0.3, -0.25) is 0 Å². The highest BCUT2D eigenvalue weighted by Gasteiger charge is 2.30. The van der Waals surface area contributed by atoms with Crippen LogP contribution < -0.4 is 0 Å². The molecule has 0 bridgehead atoms. The Hall–Kier alpha value is 0.777. The summed E-state index contributed by atoms with van der Waals surface area (Å²) < 4.78 is 9.68. The van der Waals surface area contributed by atoms with Crippen molar-refractivity contribution in [3.63, 3.8) is 0 Å². The smallest absolute Gasteiger partial charge is 0.386 e. The molecule has 0 spiro atoms. The minimum absolute atomic E-state index is 0.474. The van der Waals surface area contributed by atoms with Crippen molar-refractivity contribution in [3.05, 3.63) is 0 Å². The molecule has 0 amide bonds. The first kappa shape index (κ1) is 8.78. The Morgan fingerprint density at radius 3 is 1.88 bits per heavy atom. The molecule has 0 rings (SSSR count). The second-order valence-corrected chi connectivity index (χ2v) is 6.36. The van der Waals surface area contributed by atoms with Gasteiger partial charge in [0.1, 0.15) is 0 Å². The molecule has 0 radical (unpaired) electrons. The van der Waals surface area contributed by atoms with Crippen LogP contribution in [0, 0.1) is 0 Å². The Bertz CT molecular complexity index is 60.0. The van der Waals surface area contributed by atoms with E-state index in [1.54, 1.807) is 0 Å². The third-order valence-corrected chi connectivity index (χ3v) is 5.53. The number of hydrogen-bond acceptors (Lipinski definition) is 3. The standard InChI is InChI=1S/C3H9ClO2SSi/c1-5-8(4,3-7)6-2/h7H,3H2,1-2H3. The minimum atomic E-state index is -2.33. The van der Waals surface area contributed by atoms with E-state index in [1.807, 2.05) is 0 Å². The average Bonchev–Trinajstić information content (AvgIpc) is 1.87. The Balaban J connectivity index is 3.58. The van der Waals surface area contributed by atoms with Crippen LogP contribution in [0.25, 0.3) is 0 Å². The summed E-state index contributed by atoms with van der Waals surface area (Å²) in [6.07, 6.45) is 0. The van der Waals surface area contributed by atoms with Crippen LogP contribution in [0.1, 0.15) is 0 Å². The summed E-state index contributed by atoms with van der Waals surface area (Å²) in [4.78, 5) is 0. The van der Waals surface area contributed by atoms with Crippen LogP contribution >= 0.6 is 23.7 Å². The minimum Gasteiger partial charge on any atom is -0.386 e. The van der Waals surface area contributed by atoms with Gasteiger partial charge in [-0.1, -0.05) is 11.1 Å². The van der Waals surface area contributed by atoms with E-state index >= 15 is 0 Å². The molecule has 0 aromatic heterocycles. The predicted molar refractivity (Wildman–Crippen MR) is 39.5 cm³/mol. The van der Waals surface area contributed by atoms with Crippen molar-refractivity contribution in [1.82, 2.24) is 0 Å². The van der Waals surface area contributed by atoms with Crippen LogP contribution in [-0.4, -0.2) is 27.5 Å². The molecule has 5 heteroatoms. The van der Waals surface area contributed by atoms with Crippen LogP contribution in [0.4, 0.5) is 0 Å². The molecule has 0 heterocycles. The van der Waals surface area contributed by atoms with Gasteiger partial charge in [0.15, 0.2) is 0 Å². The number of rotatable bonds is 3. The second-order valence-electron chi connectivity index (χ2n) is 1.23. The van der Waals surface area contributed by atoms with Crippen LogP contribution in [0.15, 0.2) is 0 Å². The highest BCUT2D eigenvalue weighted by Crippen LogP contribution is 2.10. The van der Waals surface area contributed by atoms with Gasteiger partial charge in [0.2, 0.25) is 0 Å². The van der Waals surface area contributed by atoms with Crippen LogP contribution in [0.3, 0.4) is 0 Å². The van der Waals surface area contributed by atoms with E-state index in [-0.39, 0.29) is 0 Å². The van der Waals surface area contributed by atoms with E-state index in [9.17, 15) is 0 Å². The monoisotopic (exact) mass is 172 g/mol. The Kier molecular flexibility index (Phi) is 4.10. The maximum absolute atomic E-state index is 5.71. The van der Waals surface area contributed by atoms with Gasteiger partial charge >= 0.3 is 7.87 Å². The van der Waals surface area contributed by atoms with Gasteiger partial charge in [-0.05, 0) is 0 Å². The first-order valence-corrected chi connectivity index (χ1v) is 5.75. The highest BCUT2D eigenvalue weighted by molar-refractivity contribution is 7.83. The lowest BCUT2D eigenvalue weighted by atomic mass is 11.8. The second kappa shape index (κ2) is 3.74. The first-order chi connectivity index (χ1) is 3.68. The fourth-order valence-corrected chi connectivity index (χ4v) is 1.41. The summed E-state index contributed by atoms with van der Waals surface area (Å²) >= 11 is 9.65. The molecular formula is C3H9ClO2SSi. The van der Waals surface area contributed by atoms with Crippen LogP contribution in [0.2, 0.25) is 0 Å².